The third-order valence-corrected chi connectivity index (χ3v) is 4.10. The van der Waals surface area contributed by atoms with E-state index in [1.165, 1.54) is 18.2 Å². The van der Waals surface area contributed by atoms with Gasteiger partial charge >= 0.3 is 0 Å². The number of anilines is 1. The molecule has 2 aromatic rings. The Morgan fingerprint density at radius 3 is 2.55 bits per heavy atom. The molecule has 0 saturated carbocycles. The summed E-state index contributed by atoms with van der Waals surface area (Å²) in [4.78, 5) is -0.362. The van der Waals surface area contributed by atoms with E-state index in [0.717, 1.165) is 11.6 Å². The van der Waals surface area contributed by atoms with E-state index in [0.29, 0.717) is 12.2 Å². The standard InChI is InChI=1S/C14H15FN2O2S/c1-16-10-11-5-4-6-12(9-11)17-20(18,19)14-8-3-2-7-13(14)15/h2-9,16-17H,10H2,1H3. The van der Waals surface area contributed by atoms with Crippen molar-refractivity contribution in [1.29, 1.82) is 0 Å². The van der Waals surface area contributed by atoms with Crippen LogP contribution in [0.4, 0.5) is 10.1 Å². The Balaban J connectivity index is 2.29. The van der Waals surface area contributed by atoms with Crippen molar-refractivity contribution in [3.63, 3.8) is 0 Å². The second-order valence-electron chi connectivity index (χ2n) is 4.27. The Hall–Kier alpha value is -1.92. The van der Waals surface area contributed by atoms with E-state index in [9.17, 15) is 12.8 Å². The molecule has 20 heavy (non-hydrogen) atoms. The summed E-state index contributed by atoms with van der Waals surface area (Å²) in [5.74, 6) is -0.772. The first-order chi connectivity index (χ1) is 9.53. The summed E-state index contributed by atoms with van der Waals surface area (Å²) in [6, 6.07) is 12.2. The molecule has 0 aliphatic heterocycles. The second kappa shape index (κ2) is 6.02. The minimum atomic E-state index is -3.92. The van der Waals surface area contributed by atoms with Crippen LogP contribution >= 0.6 is 0 Å². The first-order valence-corrected chi connectivity index (χ1v) is 7.52. The lowest BCUT2D eigenvalue weighted by molar-refractivity contribution is 0.570. The van der Waals surface area contributed by atoms with Gasteiger partial charge in [0.05, 0.1) is 0 Å². The molecule has 2 aromatic carbocycles. The van der Waals surface area contributed by atoms with Crippen LogP contribution in [-0.4, -0.2) is 15.5 Å². The summed E-state index contributed by atoms with van der Waals surface area (Å²) in [5.41, 5.74) is 1.34. The van der Waals surface area contributed by atoms with E-state index in [2.05, 4.69) is 10.0 Å². The predicted octanol–water partition coefficient (Wildman–Crippen LogP) is 2.35. The zero-order chi connectivity index (χ0) is 14.6. The van der Waals surface area contributed by atoms with E-state index in [4.69, 9.17) is 0 Å². The normalized spacial score (nSPS) is 11.3. The topological polar surface area (TPSA) is 58.2 Å². The van der Waals surface area contributed by atoms with Crippen LogP contribution in [-0.2, 0) is 16.6 Å². The van der Waals surface area contributed by atoms with Crippen molar-refractivity contribution in [2.24, 2.45) is 0 Å². The highest BCUT2D eigenvalue weighted by Crippen LogP contribution is 2.19. The van der Waals surface area contributed by atoms with Gasteiger partial charge in [-0.25, -0.2) is 12.8 Å². The maximum atomic E-state index is 13.6. The molecule has 0 spiro atoms. The van der Waals surface area contributed by atoms with Crippen molar-refractivity contribution in [2.75, 3.05) is 11.8 Å². The molecule has 0 bridgehead atoms. The van der Waals surface area contributed by atoms with Crippen LogP contribution in [0.15, 0.2) is 53.4 Å². The number of hydrogen-bond acceptors (Lipinski definition) is 3. The Bertz CT molecular complexity index is 702. The minimum Gasteiger partial charge on any atom is -0.316 e. The molecule has 6 heteroatoms. The van der Waals surface area contributed by atoms with E-state index in [1.807, 2.05) is 6.07 Å². The molecule has 106 valence electrons. The van der Waals surface area contributed by atoms with Crippen LogP contribution < -0.4 is 10.0 Å². The lowest BCUT2D eigenvalue weighted by atomic mass is 10.2. The van der Waals surface area contributed by atoms with E-state index in [-0.39, 0.29) is 4.90 Å². The van der Waals surface area contributed by atoms with Crippen LogP contribution in [0.1, 0.15) is 5.56 Å². The van der Waals surface area contributed by atoms with Gasteiger partial charge in [0.1, 0.15) is 10.7 Å². The van der Waals surface area contributed by atoms with Gasteiger partial charge in [-0.15, -0.1) is 0 Å². The maximum absolute atomic E-state index is 13.6. The van der Waals surface area contributed by atoms with Gasteiger partial charge in [-0.05, 0) is 36.9 Å². The molecule has 0 aromatic heterocycles. The molecular formula is C14H15FN2O2S. The summed E-state index contributed by atoms with van der Waals surface area (Å²) >= 11 is 0. The Labute approximate surface area is 117 Å². The molecule has 0 aliphatic carbocycles. The maximum Gasteiger partial charge on any atom is 0.264 e. The van der Waals surface area contributed by atoms with Crippen LogP contribution in [0, 0.1) is 5.82 Å². The average Bonchev–Trinajstić information content (AvgIpc) is 2.39. The molecule has 0 atom stereocenters. The predicted molar refractivity (Wildman–Crippen MR) is 76.4 cm³/mol. The molecule has 0 unspecified atom stereocenters. The fourth-order valence-corrected chi connectivity index (χ4v) is 2.95. The highest BCUT2D eigenvalue weighted by atomic mass is 32.2. The number of hydrogen-bond donors (Lipinski definition) is 2. The van der Waals surface area contributed by atoms with Crippen LogP contribution in [0.3, 0.4) is 0 Å². The first-order valence-electron chi connectivity index (χ1n) is 6.04. The number of benzene rings is 2. The summed E-state index contributed by atoms with van der Waals surface area (Å²) < 4.78 is 40.2. The van der Waals surface area contributed by atoms with E-state index in [1.54, 1.807) is 25.2 Å². The smallest absolute Gasteiger partial charge is 0.264 e. The van der Waals surface area contributed by atoms with Crippen molar-refractivity contribution >= 4 is 15.7 Å². The molecular weight excluding hydrogens is 279 g/mol. The Morgan fingerprint density at radius 1 is 1.10 bits per heavy atom. The third kappa shape index (κ3) is 3.34. The molecule has 0 saturated heterocycles. The van der Waals surface area contributed by atoms with Crippen molar-refractivity contribution < 1.29 is 12.8 Å². The molecule has 2 rings (SSSR count). The zero-order valence-electron chi connectivity index (χ0n) is 10.9. The van der Waals surface area contributed by atoms with Crippen molar-refractivity contribution in [3.05, 3.63) is 59.9 Å². The lowest BCUT2D eigenvalue weighted by Crippen LogP contribution is -2.15. The Kier molecular flexibility index (Phi) is 4.36. The van der Waals surface area contributed by atoms with E-state index < -0.39 is 15.8 Å². The Morgan fingerprint density at radius 2 is 1.85 bits per heavy atom. The van der Waals surface area contributed by atoms with Gasteiger partial charge in [0.2, 0.25) is 0 Å². The van der Waals surface area contributed by atoms with Gasteiger partial charge in [-0.2, -0.15) is 0 Å². The number of halogens is 1. The molecule has 0 fully saturated rings. The number of rotatable bonds is 5. The third-order valence-electron chi connectivity index (χ3n) is 2.69. The summed E-state index contributed by atoms with van der Waals surface area (Å²) in [5, 5.41) is 2.98. The van der Waals surface area contributed by atoms with Crippen molar-refractivity contribution in [1.82, 2.24) is 5.32 Å². The molecule has 4 nitrogen and oxygen atoms in total. The van der Waals surface area contributed by atoms with Crippen LogP contribution in [0.5, 0.6) is 0 Å². The van der Waals surface area contributed by atoms with Gasteiger partial charge in [-0.1, -0.05) is 24.3 Å². The first kappa shape index (κ1) is 14.5. The molecule has 0 radical (unpaired) electrons. The summed E-state index contributed by atoms with van der Waals surface area (Å²) in [7, 11) is -2.12. The van der Waals surface area contributed by atoms with Crippen LogP contribution in [0.2, 0.25) is 0 Å². The average molecular weight is 294 g/mol. The lowest BCUT2D eigenvalue weighted by Gasteiger charge is -2.10. The van der Waals surface area contributed by atoms with Gasteiger partial charge in [0.25, 0.3) is 10.0 Å². The second-order valence-corrected chi connectivity index (χ2v) is 5.92. The molecule has 0 heterocycles. The monoisotopic (exact) mass is 294 g/mol. The number of sulfonamides is 1. The highest BCUT2D eigenvalue weighted by Gasteiger charge is 2.18. The number of nitrogens with one attached hydrogen (secondary N) is 2. The quantitative estimate of drug-likeness (QED) is 0.890. The summed E-state index contributed by atoms with van der Waals surface area (Å²) in [6.45, 7) is 0.620. The largest absolute Gasteiger partial charge is 0.316 e. The van der Waals surface area contributed by atoms with Crippen LogP contribution in [0.25, 0.3) is 0 Å². The fraction of sp³-hybridized carbons (Fsp3) is 0.143. The zero-order valence-corrected chi connectivity index (χ0v) is 11.7. The van der Waals surface area contributed by atoms with Crippen molar-refractivity contribution in [2.45, 2.75) is 11.4 Å². The van der Waals surface area contributed by atoms with Crippen molar-refractivity contribution in [3.8, 4) is 0 Å². The fourth-order valence-electron chi connectivity index (χ4n) is 1.82. The molecule has 0 aliphatic rings. The van der Waals surface area contributed by atoms with E-state index >= 15 is 0 Å². The summed E-state index contributed by atoms with van der Waals surface area (Å²) in [6.07, 6.45) is 0. The van der Waals surface area contributed by atoms with Gasteiger partial charge in [-0.3, -0.25) is 4.72 Å². The minimum absolute atomic E-state index is 0.362. The highest BCUT2D eigenvalue weighted by molar-refractivity contribution is 7.92. The van der Waals surface area contributed by atoms with Gasteiger partial charge in [0, 0.05) is 12.2 Å². The SMILES string of the molecule is CNCc1cccc(NS(=O)(=O)c2ccccc2F)c1. The molecule has 0 amide bonds. The van der Waals surface area contributed by atoms with Gasteiger partial charge in [0.15, 0.2) is 0 Å². The van der Waals surface area contributed by atoms with Gasteiger partial charge < -0.3 is 5.32 Å². The molecule has 2 N–H and O–H groups in total.